The van der Waals surface area contributed by atoms with E-state index < -0.39 is 0 Å². The van der Waals surface area contributed by atoms with Crippen molar-refractivity contribution in [2.45, 2.75) is 42.0 Å². The number of anilines is 2. The molecular weight excluding hydrogens is 502 g/mol. The van der Waals surface area contributed by atoms with Gasteiger partial charge in [-0.15, -0.1) is 11.1 Å². The highest BCUT2D eigenvalue weighted by Gasteiger charge is 2.33. The van der Waals surface area contributed by atoms with Crippen LogP contribution in [0, 0.1) is 0 Å². The maximum atomic E-state index is 4.01. The average molecular weight is 536 g/mol. The van der Waals surface area contributed by atoms with Crippen molar-refractivity contribution in [2.24, 2.45) is 0 Å². The van der Waals surface area contributed by atoms with Gasteiger partial charge in [0.2, 0.25) is 5.69 Å². The minimum absolute atomic E-state index is 0. The summed E-state index contributed by atoms with van der Waals surface area (Å²) in [5, 5.41) is 4.98. The number of rotatable bonds is 8. The second kappa shape index (κ2) is 12.0. The number of hydrogen-bond donors (Lipinski definition) is 1. The lowest BCUT2D eigenvalue weighted by Gasteiger charge is -2.20. The molecule has 0 spiro atoms. The normalized spacial score (nSPS) is 11.0. The summed E-state index contributed by atoms with van der Waals surface area (Å²) in [5.74, 6) is 0. The van der Waals surface area contributed by atoms with Gasteiger partial charge >= 0.3 is 4.34 Å². The van der Waals surface area contributed by atoms with Crippen LogP contribution in [-0.2, 0) is 6.42 Å². The van der Waals surface area contributed by atoms with Gasteiger partial charge in [0, 0.05) is 41.8 Å². The fraction of sp³-hybridized carbons (Fsp3) is 0.233. The largest absolute Gasteiger partial charge is 1.00 e. The number of para-hydroxylation sites is 1. The number of nitrogens with zero attached hydrogens (tertiary/aromatic N) is 2. The first-order valence-electron chi connectivity index (χ1n) is 11.8. The van der Waals surface area contributed by atoms with Crippen LogP contribution in [0.5, 0.6) is 0 Å². The van der Waals surface area contributed by atoms with E-state index in [-0.39, 0.29) is 17.9 Å². The summed E-state index contributed by atoms with van der Waals surface area (Å²) >= 11 is 3.62. The van der Waals surface area contributed by atoms with Crippen LogP contribution >= 0.6 is 23.1 Å². The van der Waals surface area contributed by atoms with Gasteiger partial charge in [-0.25, -0.2) is 0 Å². The first-order chi connectivity index (χ1) is 16.8. The van der Waals surface area contributed by atoms with E-state index in [9.17, 15) is 0 Å². The zero-order chi connectivity index (χ0) is 25.0. The lowest BCUT2D eigenvalue weighted by molar-refractivity contribution is -0.617. The summed E-state index contributed by atoms with van der Waals surface area (Å²) in [6, 6.07) is 28.1. The molecule has 0 saturated heterocycles. The lowest BCUT2D eigenvalue weighted by atomic mass is 10.1. The maximum Gasteiger partial charge on any atom is 0.310 e. The van der Waals surface area contributed by atoms with E-state index >= 15 is 0 Å². The number of aromatic nitrogens is 1. The monoisotopic (exact) mass is 535 g/mol. The van der Waals surface area contributed by atoms with Crippen molar-refractivity contribution < 1.29 is 17.0 Å². The van der Waals surface area contributed by atoms with Crippen LogP contribution in [0.3, 0.4) is 0 Å². The van der Waals surface area contributed by atoms with E-state index in [1.54, 1.807) is 11.8 Å². The molecule has 0 aliphatic carbocycles. The van der Waals surface area contributed by atoms with Gasteiger partial charge < -0.3 is 22.6 Å². The molecule has 0 fully saturated rings. The van der Waals surface area contributed by atoms with E-state index in [2.05, 4.69) is 135 Å². The Kier molecular flexibility index (Phi) is 9.29. The first-order valence-corrected chi connectivity index (χ1v) is 13.5. The number of hydrogen-bond acceptors (Lipinski definition) is 4. The van der Waals surface area contributed by atoms with Gasteiger partial charge in [0.05, 0.1) is 5.56 Å². The summed E-state index contributed by atoms with van der Waals surface area (Å²) in [7, 11) is 4.15. The quantitative estimate of drug-likeness (QED) is 0.257. The van der Waals surface area contributed by atoms with Crippen molar-refractivity contribution in [3.8, 4) is 16.9 Å². The fourth-order valence-corrected chi connectivity index (χ4v) is 6.51. The third-order valence-electron chi connectivity index (χ3n) is 5.50. The smallest absolute Gasteiger partial charge is 0.310 e. The Morgan fingerprint density at radius 3 is 2.19 bits per heavy atom. The topological polar surface area (TPSA) is 19.1 Å². The highest BCUT2D eigenvalue weighted by Crippen LogP contribution is 2.41. The van der Waals surface area contributed by atoms with Gasteiger partial charge in [0.25, 0.3) is 5.69 Å². The van der Waals surface area contributed by atoms with E-state index in [0.29, 0.717) is 0 Å². The molecule has 0 aliphatic rings. The Balaban J connectivity index is 0.00000361. The predicted octanol–water partition coefficient (Wildman–Crippen LogP) is 4.85. The molecule has 0 bridgehead atoms. The van der Waals surface area contributed by atoms with Crippen LogP contribution in [0.15, 0.2) is 101 Å². The summed E-state index contributed by atoms with van der Waals surface area (Å²) in [5.41, 5.74) is 5.93. The molecule has 0 saturated carbocycles. The first kappa shape index (κ1) is 27.9. The average Bonchev–Trinajstić information content (AvgIpc) is 3.16. The van der Waals surface area contributed by atoms with Crippen LogP contribution in [0.4, 0.5) is 10.7 Å². The highest BCUT2D eigenvalue weighted by molar-refractivity contribution is 8.01. The zero-order valence-corrected chi connectivity index (χ0v) is 24.0. The zero-order valence-electron chi connectivity index (χ0n) is 21.6. The number of thiazole rings is 1. The van der Waals surface area contributed by atoms with Gasteiger partial charge in [0.15, 0.2) is 5.00 Å². The van der Waals surface area contributed by atoms with E-state index in [0.717, 1.165) is 6.42 Å². The minimum atomic E-state index is -0.0731. The summed E-state index contributed by atoms with van der Waals surface area (Å²) in [6.07, 6.45) is 2.80. The molecule has 1 aromatic heterocycles. The van der Waals surface area contributed by atoms with Gasteiger partial charge in [-0.3, -0.25) is 0 Å². The van der Waals surface area contributed by atoms with Gasteiger partial charge in [-0.2, -0.15) is 0 Å². The minimum Gasteiger partial charge on any atom is -1.00 e. The molecular formula is C30H34ClN3S2. The molecule has 6 heteroatoms. The van der Waals surface area contributed by atoms with Crippen molar-refractivity contribution in [1.29, 1.82) is 0 Å². The fourth-order valence-electron chi connectivity index (χ4n) is 3.91. The molecule has 1 heterocycles. The van der Waals surface area contributed by atoms with Crippen LogP contribution in [0.2, 0.25) is 0 Å². The lowest BCUT2D eigenvalue weighted by Crippen LogP contribution is -3.00. The van der Waals surface area contributed by atoms with Crippen LogP contribution < -0.4 is 27.2 Å². The Bertz CT molecular complexity index is 1290. The molecule has 3 aromatic carbocycles. The molecule has 4 rings (SSSR count). The molecule has 0 aliphatic heterocycles. The van der Waals surface area contributed by atoms with Crippen molar-refractivity contribution in [3.05, 3.63) is 97.1 Å². The Labute approximate surface area is 230 Å². The third kappa shape index (κ3) is 6.52. The van der Waals surface area contributed by atoms with Crippen molar-refractivity contribution in [3.63, 3.8) is 0 Å². The molecule has 0 radical (unpaired) electrons. The van der Waals surface area contributed by atoms with Crippen LogP contribution in [0.1, 0.15) is 26.3 Å². The molecule has 0 unspecified atom stereocenters. The Morgan fingerprint density at radius 1 is 0.944 bits per heavy atom. The summed E-state index contributed by atoms with van der Waals surface area (Å²) in [4.78, 5) is 3.36. The molecule has 188 valence electrons. The Morgan fingerprint density at radius 2 is 1.58 bits per heavy atom. The summed E-state index contributed by atoms with van der Waals surface area (Å²) in [6.45, 7) is 10.7. The molecule has 36 heavy (non-hydrogen) atoms. The van der Waals surface area contributed by atoms with Crippen molar-refractivity contribution >= 4 is 33.8 Å². The number of nitrogens with one attached hydrogen (secondary N) is 1. The molecule has 0 amide bonds. The van der Waals surface area contributed by atoms with Gasteiger partial charge in [0.1, 0.15) is 0 Å². The second-order valence-corrected chi connectivity index (χ2v) is 12.1. The molecule has 1 N–H and O–H groups in total. The van der Waals surface area contributed by atoms with Crippen molar-refractivity contribution in [1.82, 2.24) is 0 Å². The number of benzene rings is 3. The maximum absolute atomic E-state index is 4.01. The Hall–Kier alpha value is -2.73. The summed E-state index contributed by atoms with van der Waals surface area (Å²) < 4.78 is 3.64. The second-order valence-electron chi connectivity index (χ2n) is 9.73. The number of halogens is 1. The third-order valence-corrected chi connectivity index (χ3v) is 7.72. The van der Waals surface area contributed by atoms with Crippen LogP contribution in [-0.4, -0.2) is 19.6 Å². The molecule has 3 nitrogen and oxygen atoms in total. The van der Waals surface area contributed by atoms with E-state index in [4.69, 9.17) is 0 Å². The standard InChI is InChI=1S/C30H34N3S2.ClH/c1-7-13-22-14-11-12-17-26(22)33-27(23-18-20-24(21-19-23)32(5)6)28(31-30(2,3)4)35-29(33)34-25-15-9-8-10-16-25;/h7-12,14-21,31H,1,13H2,2-6H3;1H/q+1;/p-1. The SMILES string of the molecule is C=CCc1ccccc1-[n+]1c(Sc2ccccc2)sc(NC(C)(C)C)c1-c1ccc(N(C)C)cc1.[Cl-]. The van der Waals surface area contributed by atoms with Crippen LogP contribution in [0.25, 0.3) is 16.9 Å². The van der Waals surface area contributed by atoms with Gasteiger partial charge in [-0.1, -0.05) is 42.5 Å². The highest BCUT2D eigenvalue weighted by atomic mass is 35.5. The predicted molar refractivity (Wildman–Crippen MR) is 153 cm³/mol. The van der Waals surface area contributed by atoms with Crippen molar-refractivity contribution in [2.75, 3.05) is 24.3 Å². The van der Waals surface area contributed by atoms with E-state index in [1.165, 1.54) is 42.4 Å². The van der Waals surface area contributed by atoms with Gasteiger partial charge in [-0.05, 0) is 86.7 Å². The molecule has 0 atom stereocenters. The molecule has 4 aromatic rings. The number of allylic oxidation sites excluding steroid dienone is 1. The van der Waals surface area contributed by atoms with E-state index in [1.807, 2.05) is 17.4 Å².